The Labute approximate surface area is 156 Å². The van der Waals surface area contributed by atoms with Crippen LogP contribution in [-0.4, -0.2) is 0 Å². The minimum Gasteiger partial charge on any atom is -0.487 e. The predicted octanol–water partition coefficient (Wildman–Crippen LogP) is 6.02. The summed E-state index contributed by atoms with van der Waals surface area (Å²) in [6, 6.07) is 12.4. The van der Waals surface area contributed by atoms with E-state index in [9.17, 15) is 4.79 Å². The molecular formula is C20H18Cl2O3. The summed E-state index contributed by atoms with van der Waals surface area (Å²) in [6.07, 6.45) is 2.88. The smallest absolute Gasteiger partial charge is 0.336 e. The molecule has 0 unspecified atom stereocenters. The molecule has 0 saturated carbocycles. The highest BCUT2D eigenvalue weighted by molar-refractivity contribution is 6.32. The first-order valence-electron chi connectivity index (χ1n) is 8.20. The van der Waals surface area contributed by atoms with E-state index in [2.05, 4.69) is 6.92 Å². The number of hydrogen-bond acceptors (Lipinski definition) is 3. The Kier molecular flexibility index (Phi) is 5.67. The Morgan fingerprint density at radius 3 is 2.56 bits per heavy atom. The van der Waals surface area contributed by atoms with Gasteiger partial charge in [-0.15, -0.1) is 0 Å². The summed E-state index contributed by atoms with van der Waals surface area (Å²) in [6.45, 7) is 2.46. The zero-order valence-electron chi connectivity index (χ0n) is 13.9. The van der Waals surface area contributed by atoms with Crippen molar-refractivity contribution in [2.45, 2.75) is 32.8 Å². The lowest BCUT2D eigenvalue weighted by Crippen LogP contribution is -2.02. The fourth-order valence-corrected chi connectivity index (χ4v) is 3.00. The van der Waals surface area contributed by atoms with E-state index in [0.29, 0.717) is 28.0 Å². The van der Waals surface area contributed by atoms with E-state index >= 15 is 0 Å². The van der Waals surface area contributed by atoms with E-state index in [0.717, 1.165) is 35.8 Å². The lowest BCUT2D eigenvalue weighted by Gasteiger charge is -2.11. The molecule has 130 valence electrons. The molecule has 3 nitrogen and oxygen atoms in total. The number of unbranched alkanes of at least 4 members (excludes halogenated alkanes) is 1. The molecule has 1 aromatic heterocycles. The summed E-state index contributed by atoms with van der Waals surface area (Å²) >= 11 is 12.3. The topological polar surface area (TPSA) is 39.4 Å². The van der Waals surface area contributed by atoms with Crippen molar-refractivity contribution in [3.8, 4) is 5.75 Å². The van der Waals surface area contributed by atoms with Crippen molar-refractivity contribution in [2.75, 3.05) is 0 Å². The lowest BCUT2D eigenvalue weighted by atomic mass is 10.0. The molecule has 0 aliphatic rings. The van der Waals surface area contributed by atoms with E-state index in [1.54, 1.807) is 24.3 Å². The number of halogens is 2. The van der Waals surface area contributed by atoms with Crippen LogP contribution in [-0.2, 0) is 13.0 Å². The van der Waals surface area contributed by atoms with Crippen molar-refractivity contribution in [1.82, 2.24) is 0 Å². The molecule has 0 bridgehead atoms. The van der Waals surface area contributed by atoms with Gasteiger partial charge < -0.3 is 9.15 Å². The fraction of sp³-hybridized carbons (Fsp3) is 0.250. The molecular weight excluding hydrogens is 359 g/mol. The van der Waals surface area contributed by atoms with Crippen LogP contribution in [0.1, 0.15) is 30.9 Å². The third kappa shape index (κ3) is 4.36. The second kappa shape index (κ2) is 7.94. The summed E-state index contributed by atoms with van der Waals surface area (Å²) in [5.74, 6) is 0.486. The Morgan fingerprint density at radius 1 is 1.08 bits per heavy atom. The van der Waals surface area contributed by atoms with Gasteiger partial charge in [-0.05, 0) is 42.2 Å². The van der Waals surface area contributed by atoms with Crippen molar-refractivity contribution in [3.05, 3.63) is 74.1 Å². The molecule has 0 spiro atoms. The zero-order valence-corrected chi connectivity index (χ0v) is 15.4. The van der Waals surface area contributed by atoms with E-state index in [4.69, 9.17) is 32.4 Å². The molecule has 3 aromatic rings. The fourth-order valence-electron chi connectivity index (χ4n) is 2.65. The van der Waals surface area contributed by atoms with Gasteiger partial charge in [0.05, 0.1) is 5.02 Å². The third-order valence-corrected chi connectivity index (χ3v) is 4.54. The van der Waals surface area contributed by atoms with Crippen LogP contribution in [0.3, 0.4) is 0 Å². The highest BCUT2D eigenvalue weighted by atomic mass is 35.5. The van der Waals surface area contributed by atoms with Crippen LogP contribution < -0.4 is 10.4 Å². The molecule has 0 fully saturated rings. The maximum atomic E-state index is 11.8. The number of ether oxygens (including phenoxy) is 1. The zero-order chi connectivity index (χ0) is 17.8. The Balaban J connectivity index is 1.90. The first-order chi connectivity index (χ1) is 12.1. The van der Waals surface area contributed by atoms with Crippen LogP contribution in [0, 0.1) is 0 Å². The average molecular weight is 377 g/mol. The normalized spacial score (nSPS) is 11.0. The summed E-state index contributed by atoms with van der Waals surface area (Å²) in [4.78, 5) is 11.8. The Bertz CT molecular complexity index is 930. The van der Waals surface area contributed by atoms with Gasteiger partial charge >= 0.3 is 5.63 Å². The monoisotopic (exact) mass is 376 g/mol. The molecule has 1 heterocycles. The second-order valence-corrected chi connectivity index (χ2v) is 6.73. The van der Waals surface area contributed by atoms with E-state index < -0.39 is 0 Å². The highest BCUT2D eigenvalue weighted by Crippen LogP contribution is 2.32. The van der Waals surface area contributed by atoms with Gasteiger partial charge in [0, 0.05) is 22.5 Å². The molecule has 25 heavy (non-hydrogen) atoms. The van der Waals surface area contributed by atoms with Crippen LogP contribution >= 0.6 is 23.2 Å². The average Bonchev–Trinajstić information content (AvgIpc) is 2.60. The SMILES string of the molecule is CCCCc1cc(=O)oc2cc(OCc3ccc(Cl)cc3)c(Cl)cc12. The number of fused-ring (bicyclic) bond motifs is 1. The minimum atomic E-state index is -0.357. The Morgan fingerprint density at radius 2 is 1.84 bits per heavy atom. The van der Waals surface area contributed by atoms with Crippen molar-refractivity contribution in [2.24, 2.45) is 0 Å². The van der Waals surface area contributed by atoms with Crippen LogP contribution in [0.5, 0.6) is 5.75 Å². The van der Waals surface area contributed by atoms with Crippen molar-refractivity contribution in [1.29, 1.82) is 0 Å². The molecule has 2 aromatic carbocycles. The number of benzene rings is 2. The predicted molar refractivity (Wildman–Crippen MR) is 102 cm³/mol. The summed E-state index contributed by atoms with van der Waals surface area (Å²) in [5.41, 5.74) is 2.07. The standard InChI is InChI=1S/C20H18Cl2O3/c1-2-3-4-14-9-20(23)25-18-11-19(17(22)10-16(14)18)24-12-13-5-7-15(21)8-6-13/h5-11H,2-4,12H2,1H3. The quantitative estimate of drug-likeness (QED) is 0.493. The maximum Gasteiger partial charge on any atom is 0.336 e. The van der Waals surface area contributed by atoms with Crippen molar-refractivity contribution in [3.63, 3.8) is 0 Å². The van der Waals surface area contributed by atoms with Crippen molar-refractivity contribution >= 4 is 34.2 Å². The van der Waals surface area contributed by atoms with Gasteiger partial charge in [0.15, 0.2) is 0 Å². The number of rotatable bonds is 6. The van der Waals surface area contributed by atoms with E-state index in [1.165, 1.54) is 0 Å². The minimum absolute atomic E-state index is 0.349. The molecule has 0 radical (unpaired) electrons. The third-order valence-electron chi connectivity index (χ3n) is 3.99. The van der Waals surface area contributed by atoms with Crippen molar-refractivity contribution < 1.29 is 9.15 Å². The van der Waals surface area contributed by atoms with Crippen LogP contribution in [0.25, 0.3) is 11.0 Å². The largest absolute Gasteiger partial charge is 0.487 e. The van der Waals surface area contributed by atoms with Gasteiger partial charge in [0.25, 0.3) is 0 Å². The second-order valence-electron chi connectivity index (χ2n) is 5.89. The molecule has 0 N–H and O–H groups in total. The van der Waals surface area contributed by atoms with E-state index in [1.807, 2.05) is 18.2 Å². The van der Waals surface area contributed by atoms with Gasteiger partial charge in [0.1, 0.15) is 17.9 Å². The first-order valence-corrected chi connectivity index (χ1v) is 8.96. The van der Waals surface area contributed by atoms with E-state index in [-0.39, 0.29) is 5.63 Å². The van der Waals surface area contributed by atoms with Gasteiger partial charge in [-0.1, -0.05) is 48.7 Å². The summed E-state index contributed by atoms with van der Waals surface area (Å²) in [7, 11) is 0. The van der Waals surface area contributed by atoms with Crippen LogP contribution in [0.4, 0.5) is 0 Å². The molecule has 5 heteroatoms. The highest BCUT2D eigenvalue weighted by Gasteiger charge is 2.11. The molecule has 0 saturated heterocycles. The van der Waals surface area contributed by atoms with Gasteiger partial charge in [0.2, 0.25) is 0 Å². The first kappa shape index (κ1) is 17.8. The summed E-state index contributed by atoms with van der Waals surface area (Å²) in [5, 5.41) is 2.03. The maximum absolute atomic E-state index is 11.8. The molecule has 0 atom stereocenters. The molecule has 0 amide bonds. The Hall–Kier alpha value is -1.97. The van der Waals surface area contributed by atoms with Gasteiger partial charge in [-0.3, -0.25) is 0 Å². The molecule has 0 aliphatic carbocycles. The molecule has 3 rings (SSSR count). The lowest BCUT2D eigenvalue weighted by molar-refractivity contribution is 0.306. The summed E-state index contributed by atoms with van der Waals surface area (Å²) < 4.78 is 11.1. The number of aryl methyl sites for hydroxylation is 1. The van der Waals surface area contributed by atoms with Gasteiger partial charge in [-0.25, -0.2) is 4.79 Å². The van der Waals surface area contributed by atoms with Gasteiger partial charge in [-0.2, -0.15) is 0 Å². The molecule has 0 aliphatic heterocycles. The number of hydrogen-bond donors (Lipinski definition) is 0. The van der Waals surface area contributed by atoms with Crippen LogP contribution in [0.15, 0.2) is 51.7 Å². The van der Waals surface area contributed by atoms with Crippen LogP contribution in [0.2, 0.25) is 10.0 Å².